The largest absolute Gasteiger partial charge is 0.497 e. The summed E-state index contributed by atoms with van der Waals surface area (Å²) in [5.41, 5.74) is 1.68. The number of halogens is 1. The molecule has 1 heterocycles. The summed E-state index contributed by atoms with van der Waals surface area (Å²) >= 11 is 5.87. The number of benzene rings is 3. The van der Waals surface area contributed by atoms with Crippen LogP contribution in [0.3, 0.4) is 0 Å². The molecule has 0 radical (unpaired) electrons. The van der Waals surface area contributed by atoms with Gasteiger partial charge < -0.3 is 24.8 Å². The van der Waals surface area contributed by atoms with Crippen LogP contribution < -0.4 is 25.8 Å². The quantitative estimate of drug-likeness (QED) is 0.297. The fourth-order valence-electron chi connectivity index (χ4n) is 4.13. The Morgan fingerprint density at radius 1 is 0.951 bits per heavy atom. The third kappa shape index (κ3) is 7.83. The molecule has 0 aliphatic rings. The van der Waals surface area contributed by atoms with E-state index < -0.39 is 23.4 Å². The van der Waals surface area contributed by atoms with Crippen LogP contribution in [0.5, 0.6) is 5.75 Å². The van der Waals surface area contributed by atoms with Gasteiger partial charge in [-0.25, -0.2) is 0 Å². The summed E-state index contributed by atoms with van der Waals surface area (Å²) in [4.78, 5) is 53.2. The Morgan fingerprint density at radius 2 is 1.63 bits per heavy atom. The first-order valence-electron chi connectivity index (χ1n) is 12.8. The van der Waals surface area contributed by atoms with Crippen molar-refractivity contribution in [1.82, 2.24) is 9.88 Å². The molecule has 0 spiro atoms. The predicted octanol–water partition coefficient (Wildman–Crippen LogP) is 4.15. The Labute approximate surface area is 242 Å². The van der Waals surface area contributed by atoms with E-state index in [1.807, 2.05) is 30.3 Å². The number of nitrogens with one attached hydrogen (secondary N) is 2. The smallest absolute Gasteiger partial charge is 0.255 e. The molecule has 41 heavy (non-hydrogen) atoms. The van der Waals surface area contributed by atoms with E-state index in [0.29, 0.717) is 22.0 Å². The number of likely N-dealkylation sites (N-methyl/N-ethyl adjacent to an activating group) is 1. The number of aromatic nitrogens is 1. The molecule has 3 aromatic carbocycles. The van der Waals surface area contributed by atoms with Crippen LogP contribution in [0.15, 0.2) is 102 Å². The monoisotopic (exact) mass is 572 g/mol. The summed E-state index contributed by atoms with van der Waals surface area (Å²) in [6.07, 6.45) is 1.67. The van der Waals surface area contributed by atoms with Gasteiger partial charge in [0.15, 0.2) is 0 Å². The summed E-state index contributed by atoms with van der Waals surface area (Å²) in [6, 6.07) is 24.5. The molecule has 0 saturated carbocycles. The predicted molar refractivity (Wildman–Crippen MR) is 159 cm³/mol. The number of methoxy groups -OCH3 is 1. The van der Waals surface area contributed by atoms with Gasteiger partial charge in [0.1, 0.15) is 18.3 Å². The highest BCUT2D eigenvalue weighted by molar-refractivity contribution is 6.30. The van der Waals surface area contributed by atoms with Gasteiger partial charge in [-0.1, -0.05) is 41.9 Å². The second-order valence-electron chi connectivity index (χ2n) is 9.25. The minimum absolute atomic E-state index is 0.260. The van der Waals surface area contributed by atoms with E-state index in [1.165, 1.54) is 27.8 Å². The molecule has 0 fully saturated rings. The highest BCUT2D eigenvalue weighted by Crippen LogP contribution is 2.19. The molecular weight excluding hydrogens is 544 g/mol. The second kappa shape index (κ2) is 13.5. The molecule has 0 bridgehead atoms. The van der Waals surface area contributed by atoms with Gasteiger partial charge in [-0.3, -0.25) is 19.2 Å². The van der Waals surface area contributed by atoms with Gasteiger partial charge in [-0.05, 0) is 60.2 Å². The average Bonchev–Trinajstić information content (AvgIpc) is 2.98. The van der Waals surface area contributed by atoms with E-state index in [-0.39, 0.29) is 24.6 Å². The average molecular weight is 573 g/mol. The maximum atomic E-state index is 13.5. The van der Waals surface area contributed by atoms with Crippen LogP contribution in [0.25, 0.3) is 0 Å². The van der Waals surface area contributed by atoms with Crippen molar-refractivity contribution in [2.75, 3.05) is 24.4 Å². The number of hydrogen-bond acceptors (Lipinski definition) is 5. The first-order valence-corrected chi connectivity index (χ1v) is 13.1. The SMILES string of the molecule is COc1ccc(N(C)C(=O)C(Cc2ccccc2)NC(=O)Cn2ccc(NC(=O)c3ccc(Cl)cc3)cc2=O)cc1. The Kier molecular flexibility index (Phi) is 9.55. The minimum Gasteiger partial charge on any atom is -0.497 e. The van der Waals surface area contributed by atoms with Gasteiger partial charge in [0, 0.05) is 47.7 Å². The number of nitrogens with zero attached hydrogens (tertiary/aromatic N) is 2. The lowest BCUT2D eigenvalue weighted by Gasteiger charge is -2.25. The zero-order valence-corrected chi connectivity index (χ0v) is 23.3. The molecule has 10 heteroatoms. The van der Waals surface area contributed by atoms with Gasteiger partial charge in [-0.2, -0.15) is 0 Å². The third-order valence-electron chi connectivity index (χ3n) is 6.38. The van der Waals surface area contributed by atoms with Gasteiger partial charge in [0.25, 0.3) is 11.5 Å². The first-order chi connectivity index (χ1) is 19.7. The van der Waals surface area contributed by atoms with Crippen LogP contribution in [0.4, 0.5) is 11.4 Å². The molecule has 1 unspecified atom stereocenters. The van der Waals surface area contributed by atoms with Crippen LogP contribution in [-0.2, 0) is 22.6 Å². The van der Waals surface area contributed by atoms with Crippen LogP contribution in [0.2, 0.25) is 5.02 Å². The number of pyridine rings is 1. The Morgan fingerprint density at radius 3 is 2.27 bits per heavy atom. The lowest BCUT2D eigenvalue weighted by molar-refractivity contribution is -0.127. The molecule has 0 aliphatic carbocycles. The molecule has 9 nitrogen and oxygen atoms in total. The van der Waals surface area contributed by atoms with E-state index in [0.717, 1.165) is 5.56 Å². The van der Waals surface area contributed by atoms with Crippen molar-refractivity contribution in [1.29, 1.82) is 0 Å². The molecule has 210 valence electrons. The van der Waals surface area contributed by atoms with E-state index in [1.54, 1.807) is 62.7 Å². The van der Waals surface area contributed by atoms with Crippen molar-refractivity contribution >= 4 is 40.7 Å². The number of carbonyl (C=O) groups excluding carboxylic acids is 3. The maximum absolute atomic E-state index is 13.5. The van der Waals surface area contributed by atoms with Crippen LogP contribution >= 0.6 is 11.6 Å². The van der Waals surface area contributed by atoms with Gasteiger partial charge in [-0.15, -0.1) is 0 Å². The van der Waals surface area contributed by atoms with Crippen molar-refractivity contribution in [2.24, 2.45) is 0 Å². The summed E-state index contributed by atoms with van der Waals surface area (Å²) in [6.45, 7) is -0.310. The van der Waals surface area contributed by atoms with Crippen molar-refractivity contribution in [3.63, 3.8) is 0 Å². The van der Waals surface area contributed by atoms with Gasteiger partial charge in [0.05, 0.1) is 7.11 Å². The van der Waals surface area contributed by atoms with E-state index in [2.05, 4.69) is 10.6 Å². The second-order valence-corrected chi connectivity index (χ2v) is 9.68. The van der Waals surface area contributed by atoms with E-state index in [9.17, 15) is 19.2 Å². The standard InChI is InChI=1S/C31H29ClN4O5/c1-35(25-12-14-26(41-2)15-13-25)31(40)27(18-21-6-4-3-5-7-21)34-28(37)20-36-17-16-24(19-29(36)38)33-30(39)22-8-10-23(32)11-9-22/h3-17,19,27H,18,20H2,1-2H3,(H,33,39)(H,34,37). The lowest BCUT2D eigenvalue weighted by Crippen LogP contribution is -2.50. The molecule has 3 amide bonds. The Balaban J connectivity index is 1.45. The molecule has 0 aliphatic heterocycles. The number of anilines is 2. The van der Waals surface area contributed by atoms with Crippen LogP contribution in [0.1, 0.15) is 15.9 Å². The fraction of sp³-hybridized carbons (Fsp3) is 0.161. The Bertz CT molecular complexity index is 1570. The van der Waals surface area contributed by atoms with Gasteiger partial charge >= 0.3 is 0 Å². The van der Waals surface area contributed by atoms with Crippen molar-refractivity contribution in [3.8, 4) is 5.75 Å². The summed E-state index contributed by atoms with van der Waals surface area (Å²) < 4.78 is 6.39. The molecule has 4 rings (SSSR count). The maximum Gasteiger partial charge on any atom is 0.255 e. The number of amides is 3. The fourth-order valence-corrected chi connectivity index (χ4v) is 4.26. The van der Waals surface area contributed by atoms with Crippen molar-refractivity contribution in [2.45, 2.75) is 19.0 Å². The van der Waals surface area contributed by atoms with Crippen molar-refractivity contribution < 1.29 is 19.1 Å². The zero-order valence-electron chi connectivity index (χ0n) is 22.5. The first kappa shape index (κ1) is 29.1. The van der Waals surface area contributed by atoms with Crippen LogP contribution in [0, 0.1) is 0 Å². The molecule has 1 aromatic heterocycles. The topological polar surface area (TPSA) is 110 Å². The summed E-state index contributed by atoms with van der Waals surface area (Å²) in [7, 11) is 3.20. The number of hydrogen-bond donors (Lipinski definition) is 2. The molecule has 0 saturated heterocycles. The molecular formula is C31H29ClN4O5. The number of rotatable bonds is 10. The third-order valence-corrected chi connectivity index (χ3v) is 6.63. The van der Waals surface area contributed by atoms with Crippen LogP contribution in [-0.4, -0.2) is 42.5 Å². The summed E-state index contributed by atoms with van der Waals surface area (Å²) in [5.74, 6) is -0.577. The molecule has 2 N–H and O–H groups in total. The normalized spacial score (nSPS) is 11.3. The number of carbonyl (C=O) groups is 3. The summed E-state index contributed by atoms with van der Waals surface area (Å²) in [5, 5.41) is 5.95. The molecule has 1 atom stereocenters. The zero-order chi connectivity index (χ0) is 29.4. The van der Waals surface area contributed by atoms with Gasteiger partial charge in [0.2, 0.25) is 11.8 Å². The van der Waals surface area contributed by atoms with Crippen molar-refractivity contribution in [3.05, 3.63) is 124 Å². The highest BCUT2D eigenvalue weighted by atomic mass is 35.5. The highest BCUT2D eigenvalue weighted by Gasteiger charge is 2.25. The molecule has 4 aromatic rings. The minimum atomic E-state index is -0.884. The Hall–Kier alpha value is -4.89. The van der Waals surface area contributed by atoms with E-state index >= 15 is 0 Å². The lowest BCUT2D eigenvalue weighted by atomic mass is 10.0. The number of ether oxygens (including phenoxy) is 1. The van der Waals surface area contributed by atoms with E-state index in [4.69, 9.17) is 16.3 Å².